The Balaban J connectivity index is 2.10. The number of anilines is 1. The summed E-state index contributed by atoms with van der Waals surface area (Å²) in [6.07, 6.45) is -1.07. The minimum Gasteiger partial charge on any atom is -0.376 e. The maximum Gasteiger partial charge on any atom is 0.416 e. The SMILES string of the molecule is O=[N+]([O-])c1cc(C(F)(F)F)ccc1NC/C=C/c1ccccc1. The van der Waals surface area contributed by atoms with Crippen molar-refractivity contribution in [1.82, 2.24) is 0 Å². The van der Waals surface area contributed by atoms with Crippen molar-refractivity contribution in [1.29, 1.82) is 0 Å². The first kappa shape index (κ1) is 16.5. The molecule has 4 nitrogen and oxygen atoms in total. The van der Waals surface area contributed by atoms with Crippen LogP contribution in [-0.2, 0) is 6.18 Å². The minimum absolute atomic E-state index is 0.0423. The van der Waals surface area contributed by atoms with Gasteiger partial charge in [0, 0.05) is 12.6 Å². The second kappa shape index (κ2) is 6.95. The van der Waals surface area contributed by atoms with Crippen LogP contribution in [0.3, 0.4) is 0 Å². The molecule has 0 amide bonds. The number of halogens is 3. The highest BCUT2D eigenvalue weighted by molar-refractivity contribution is 5.63. The fourth-order valence-corrected chi connectivity index (χ4v) is 1.94. The van der Waals surface area contributed by atoms with E-state index >= 15 is 0 Å². The fraction of sp³-hybridized carbons (Fsp3) is 0.125. The third-order valence-corrected chi connectivity index (χ3v) is 3.04. The van der Waals surface area contributed by atoms with Crippen molar-refractivity contribution >= 4 is 17.5 Å². The second-order valence-electron chi connectivity index (χ2n) is 4.68. The molecule has 7 heteroatoms. The van der Waals surface area contributed by atoms with Gasteiger partial charge in [-0.1, -0.05) is 42.5 Å². The third-order valence-electron chi connectivity index (χ3n) is 3.04. The molecule has 0 saturated carbocycles. The van der Waals surface area contributed by atoms with Gasteiger partial charge in [0.1, 0.15) is 5.69 Å². The van der Waals surface area contributed by atoms with Gasteiger partial charge < -0.3 is 5.32 Å². The van der Waals surface area contributed by atoms with Gasteiger partial charge in [0.15, 0.2) is 0 Å². The van der Waals surface area contributed by atoms with Crippen LogP contribution >= 0.6 is 0 Å². The van der Waals surface area contributed by atoms with Gasteiger partial charge in [0.05, 0.1) is 10.5 Å². The van der Waals surface area contributed by atoms with Gasteiger partial charge in [0.25, 0.3) is 5.69 Å². The summed E-state index contributed by atoms with van der Waals surface area (Å²) in [5.41, 5.74) is -0.653. The summed E-state index contributed by atoms with van der Waals surface area (Å²) < 4.78 is 37.8. The third kappa shape index (κ3) is 4.57. The van der Waals surface area contributed by atoms with Crippen molar-refractivity contribution in [3.05, 3.63) is 75.8 Å². The molecule has 0 spiro atoms. The first-order valence-corrected chi connectivity index (χ1v) is 6.69. The zero-order valence-corrected chi connectivity index (χ0v) is 11.9. The smallest absolute Gasteiger partial charge is 0.376 e. The van der Waals surface area contributed by atoms with E-state index in [4.69, 9.17) is 0 Å². The number of nitrogens with zero attached hydrogens (tertiary/aromatic N) is 1. The summed E-state index contributed by atoms with van der Waals surface area (Å²) in [5, 5.41) is 13.7. The van der Waals surface area contributed by atoms with E-state index in [1.54, 1.807) is 6.08 Å². The monoisotopic (exact) mass is 322 g/mol. The largest absolute Gasteiger partial charge is 0.416 e. The Kier molecular flexibility index (Phi) is 5.00. The van der Waals surface area contributed by atoms with Gasteiger partial charge in [-0.25, -0.2) is 0 Å². The van der Waals surface area contributed by atoms with Gasteiger partial charge in [-0.2, -0.15) is 13.2 Å². The number of hydrogen-bond acceptors (Lipinski definition) is 3. The number of alkyl halides is 3. The molecular weight excluding hydrogens is 309 g/mol. The topological polar surface area (TPSA) is 55.2 Å². The van der Waals surface area contributed by atoms with E-state index in [9.17, 15) is 23.3 Å². The fourth-order valence-electron chi connectivity index (χ4n) is 1.94. The van der Waals surface area contributed by atoms with Gasteiger partial charge >= 0.3 is 6.18 Å². The Morgan fingerprint density at radius 3 is 2.43 bits per heavy atom. The molecule has 120 valence electrons. The summed E-state index contributed by atoms with van der Waals surface area (Å²) in [5.74, 6) is 0. The Labute approximate surface area is 130 Å². The molecule has 2 aromatic carbocycles. The van der Waals surface area contributed by atoms with Crippen LogP contribution < -0.4 is 5.32 Å². The first-order chi connectivity index (χ1) is 10.9. The molecule has 23 heavy (non-hydrogen) atoms. The molecule has 0 aliphatic rings. The molecule has 0 unspecified atom stereocenters. The summed E-state index contributed by atoms with van der Waals surface area (Å²) in [7, 11) is 0. The summed E-state index contributed by atoms with van der Waals surface area (Å²) in [6, 6.07) is 11.8. The molecule has 2 rings (SSSR count). The molecule has 0 aliphatic heterocycles. The molecule has 0 aromatic heterocycles. The Hall–Kier alpha value is -2.83. The molecule has 0 bridgehead atoms. The second-order valence-corrected chi connectivity index (χ2v) is 4.68. The van der Waals surface area contributed by atoms with Crippen LogP contribution in [-0.4, -0.2) is 11.5 Å². The molecule has 0 radical (unpaired) electrons. The molecule has 0 aliphatic carbocycles. The van der Waals surface area contributed by atoms with Crippen LogP contribution in [0.15, 0.2) is 54.6 Å². The number of nitro groups is 1. The summed E-state index contributed by atoms with van der Waals surface area (Å²) in [6.45, 7) is 0.251. The van der Waals surface area contributed by atoms with E-state index < -0.39 is 22.4 Å². The highest BCUT2D eigenvalue weighted by atomic mass is 19.4. The van der Waals surface area contributed by atoms with E-state index in [2.05, 4.69) is 5.32 Å². The van der Waals surface area contributed by atoms with E-state index in [0.29, 0.717) is 6.07 Å². The van der Waals surface area contributed by atoms with E-state index in [-0.39, 0.29) is 12.2 Å². The van der Waals surface area contributed by atoms with Crippen molar-refractivity contribution < 1.29 is 18.1 Å². The van der Waals surface area contributed by atoms with Gasteiger partial charge in [-0.05, 0) is 17.7 Å². The average Bonchev–Trinajstić information content (AvgIpc) is 2.51. The van der Waals surface area contributed by atoms with Crippen molar-refractivity contribution in [3.8, 4) is 0 Å². The lowest BCUT2D eigenvalue weighted by atomic mass is 10.1. The first-order valence-electron chi connectivity index (χ1n) is 6.69. The lowest BCUT2D eigenvalue weighted by molar-refractivity contribution is -0.384. The summed E-state index contributed by atoms with van der Waals surface area (Å²) in [4.78, 5) is 10.1. The molecule has 0 fully saturated rings. The van der Waals surface area contributed by atoms with Crippen LogP contribution in [0.5, 0.6) is 0 Å². The maximum atomic E-state index is 12.6. The normalized spacial score (nSPS) is 11.6. The standard InChI is InChI=1S/C16H13F3N2O2/c17-16(18,19)13-8-9-14(15(11-13)21(22)23)20-10-4-7-12-5-2-1-3-6-12/h1-9,11,20H,10H2/b7-4+. The van der Waals surface area contributed by atoms with Crippen molar-refractivity contribution in [2.24, 2.45) is 0 Å². The minimum atomic E-state index is -4.61. The zero-order chi connectivity index (χ0) is 16.9. The van der Waals surface area contributed by atoms with Crippen LogP contribution in [0, 0.1) is 10.1 Å². The predicted octanol–water partition coefficient (Wildman–Crippen LogP) is 4.74. The van der Waals surface area contributed by atoms with Crippen LogP contribution in [0.4, 0.5) is 24.5 Å². The van der Waals surface area contributed by atoms with Crippen LogP contribution in [0.1, 0.15) is 11.1 Å². The van der Waals surface area contributed by atoms with Crippen molar-refractivity contribution in [2.75, 3.05) is 11.9 Å². The average molecular weight is 322 g/mol. The maximum absolute atomic E-state index is 12.6. The number of rotatable bonds is 5. The highest BCUT2D eigenvalue weighted by Crippen LogP contribution is 2.34. The van der Waals surface area contributed by atoms with E-state index in [1.165, 1.54) is 0 Å². The molecule has 0 heterocycles. The molecular formula is C16H13F3N2O2. The van der Waals surface area contributed by atoms with Crippen LogP contribution in [0.25, 0.3) is 6.08 Å². The highest BCUT2D eigenvalue weighted by Gasteiger charge is 2.32. The van der Waals surface area contributed by atoms with E-state index in [0.717, 1.165) is 17.7 Å². The number of nitrogens with one attached hydrogen (secondary N) is 1. The van der Waals surface area contributed by atoms with E-state index in [1.807, 2.05) is 36.4 Å². The van der Waals surface area contributed by atoms with Gasteiger partial charge in [-0.3, -0.25) is 10.1 Å². The Bertz CT molecular complexity index is 713. The Morgan fingerprint density at radius 1 is 1.13 bits per heavy atom. The molecule has 2 aromatic rings. The Morgan fingerprint density at radius 2 is 1.83 bits per heavy atom. The van der Waals surface area contributed by atoms with Crippen LogP contribution in [0.2, 0.25) is 0 Å². The van der Waals surface area contributed by atoms with Crippen molar-refractivity contribution in [3.63, 3.8) is 0 Å². The van der Waals surface area contributed by atoms with Gasteiger partial charge in [-0.15, -0.1) is 0 Å². The molecule has 0 atom stereocenters. The van der Waals surface area contributed by atoms with Crippen molar-refractivity contribution in [2.45, 2.75) is 6.18 Å². The van der Waals surface area contributed by atoms with Gasteiger partial charge in [0.2, 0.25) is 0 Å². The number of hydrogen-bond donors (Lipinski definition) is 1. The molecule has 0 saturated heterocycles. The quantitative estimate of drug-likeness (QED) is 0.639. The lowest BCUT2D eigenvalue weighted by Crippen LogP contribution is -2.08. The molecule has 1 N–H and O–H groups in total. The lowest BCUT2D eigenvalue weighted by Gasteiger charge is -2.09. The number of benzene rings is 2. The zero-order valence-electron chi connectivity index (χ0n) is 11.9. The number of nitro benzene ring substituents is 1. The summed E-state index contributed by atoms with van der Waals surface area (Å²) >= 11 is 0. The predicted molar refractivity (Wildman–Crippen MR) is 82.1 cm³/mol.